The van der Waals surface area contributed by atoms with Crippen LogP contribution in [0.1, 0.15) is 13.3 Å². The molecule has 20 heavy (non-hydrogen) atoms. The Morgan fingerprint density at radius 1 is 1.55 bits per heavy atom. The van der Waals surface area contributed by atoms with Gasteiger partial charge in [-0.3, -0.25) is 13.8 Å². The number of hydrogen-bond acceptors (Lipinski definition) is 4. The highest BCUT2D eigenvalue weighted by Crippen LogP contribution is 2.09. The van der Waals surface area contributed by atoms with Crippen LogP contribution in [0.2, 0.25) is 0 Å². The zero-order valence-electron chi connectivity index (χ0n) is 11.3. The molecule has 8 nitrogen and oxygen atoms in total. The molecule has 0 bridgehead atoms. The number of carboxylic acid groups (broad SMARTS) is 1. The van der Waals surface area contributed by atoms with E-state index in [2.05, 4.69) is 10.6 Å². The first-order chi connectivity index (χ1) is 9.45. The summed E-state index contributed by atoms with van der Waals surface area (Å²) in [4.78, 5) is 35.5. The van der Waals surface area contributed by atoms with Gasteiger partial charge in [0, 0.05) is 41.9 Å². The van der Waals surface area contributed by atoms with Gasteiger partial charge in [0.1, 0.15) is 6.04 Å². The predicted octanol–water partition coefficient (Wildman–Crippen LogP) is -1.26. The van der Waals surface area contributed by atoms with Crippen LogP contribution in [-0.2, 0) is 20.4 Å². The summed E-state index contributed by atoms with van der Waals surface area (Å²) in [6.45, 7) is 2.57. The summed E-state index contributed by atoms with van der Waals surface area (Å²) in [6, 6.07) is -1.50. The number of aliphatic carboxylic acids is 1. The van der Waals surface area contributed by atoms with Crippen LogP contribution in [0.4, 0.5) is 4.79 Å². The van der Waals surface area contributed by atoms with Gasteiger partial charge < -0.3 is 20.6 Å². The van der Waals surface area contributed by atoms with Gasteiger partial charge in [-0.15, -0.1) is 0 Å². The Labute approximate surface area is 119 Å². The fourth-order valence-corrected chi connectivity index (χ4v) is 2.46. The van der Waals surface area contributed by atoms with Crippen molar-refractivity contribution < 1.29 is 23.7 Å². The standard InChI is InChI=1S/C11H19N3O5S/c1-2-20(19)6-4-13-11(18)14-5-3-12-10(17)8(14)7-9(15)16/h8H,2-7H2,1H3,(H,12,17)(H,13,18)(H,15,16). The quantitative estimate of drug-likeness (QED) is 0.566. The molecule has 1 saturated heterocycles. The third-order valence-corrected chi connectivity index (χ3v) is 4.19. The second kappa shape index (κ2) is 7.83. The molecule has 1 fully saturated rings. The molecule has 1 aliphatic heterocycles. The van der Waals surface area contributed by atoms with Gasteiger partial charge in [-0.05, 0) is 0 Å². The second-order valence-corrected chi connectivity index (χ2v) is 6.13. The number of rotatable bonds is 6. The van der Waals surface area contributed by atoms with Gasteiger partial charge >= 0.3 is 12.0 Å². The van der Waals surface area contributed by atoms with Crippen molar-refractivity contribution in [3.8, 4) is 0 Å². The minimum absolute atomic E-state index is 0.233. The van der Waals surface area contributed by atoms with Crippen molar-refractivity contribution in [1.82, 2.24) is 15.5 Å². The summed E-state index contributed by atoms with van der Waals surface area (Å²) in [5, 5.41) is 13.9. The molecule has 1 rings (SSSR count). The molecule has 0 aromatic rings. The summed E-state index contributed by atoms with van der Waals surface area (Å²) < 4.78 is 11.2. The molecule has 114 valence electrons. The van der Waals surface area contributed by atoms with E-state index in [1.807, 2.05) is 0 Å². The van der Waals surface area contributed by atoms with Gasteiger partial charge in [-0.1, -0.05) is 6.92 Å². The first-order valence-electron chi connectivity index (χ1n) is 6.34. The van der Waals surface area contributed by atoms with Crippen LogP contribution in [0.5, 0.6) is 0 Å². The summed E-state index contributed by atoms with van der Waals surface area (Å²) in [7, 11) is -0.980. The fraction of sp³-hybridized carbons (Fsp3) is 0.727. The van der Waals surface area contributed by atoms with E-state index >= 15 is 0 Å². The van der Waals surface area contributed by atoms with E-state index in [0.29, 0.717) is 18.1 Å². The van der Waals surface area contributed by atoms with Gasteiger partial charge in [0.05, 0.1) is 6.42 Å². The Morgan fingerprint density at radius 3 is 2.85 bits per heavy atom. The van der Waals surface area contributed by atoms with E-state index in [1.54, 1.807) is 6.92 Å². The average Bonchev–Trinajstić information content (AvgIpc) is 2.40. The Kier molecular flexibility index (Phi) is 6.43. The number of nitrogens with zero attached hydrogens (tertiary/aromatic N) is 1. The molecule has 0 saturated carbocycles. The summed E-state index contributed by atoms with van der Waals surface area (Å²) in [6.07, 6.45) is -0.430. The van der Waals surface area contributed by atoms with E-state index in [-0.39, 0.29) is 13.1 Å². The number of carbonyl (C=O) groups is 3. The first-order valence-corrected chi connectivity index (χ1v) is 7.83. The predicted molar refractivity (Wildman–Crippen MR) is 72.7 cm³/mol. The van der Waals surface area contributed by atoms with E-state index in [4.69, 9.17) is 5.11 Å². The topological polar surface area (TPSA) is 116 Å². The number of nitrogens with one attached hydrogen (secondary N) is 2. The van der Waals surface area contributed by atoms with Gasteiger partial charge in [0.25, 0.3) is 0 Å². The monoisotopic (exact) mass is 305 g/mol. The van der Waals surface area contributed by atoms with Gasteiger partial charge in [-0.2, -0.15) is 0 Å². The molecule has 2 atom stereocenters. The minimum Gasteiger partial charge on any atom is -0.481 e. The SMILES string of the molecule is CCS(=O)CCNC(=O)N1CCNC(=O)C1CC(=O)O. The number of carboxylic acids is 1. The molecule has 3 N–H and O–H groups in total. The van der Waals surface area contributed by atoms with Crippen molar-refractivity contribution in [3.63, 3.8) is 0 Å². The average molecular weight is 305 g/mol. The molecule has 0 aromatic carbocycles. The maximum absolute atomic E-state index is 11.9. The van der Waals surface area contributed by atoms with Gasteiger partial charge in [0.2, 0.25) is 5.91 Å². The number of carbonyl (C=O) groups excluding carboxylic acids is 2. The molecular formula is C11H19N3O5S. The minimum atomic E-state index is -1.14. The van der Waals surface area contributed by atoms with Crippen LogP contribution >= 0.6 is 0 Å². The van der Waals surface area contributed by atoms with E-state index < -0.39 is 41.2 Å². The molecule has 2 unspecified atom stereocenters. The van der Waals surface area contributed by atoms with Crippen molar-refractivity contribution >= 4 is 28.7 Å². The molecule has 0 aromatic heterocycles. The van der Waals surface area contributed by atoms with Crippen LogP contribution in [0.3, 0.4) is 0 Å². The molecule has 1 heterocycles. The third kappa shape index (κ3) is 4.80. The van der Waals surface area contributed by atoms with Crippen molar-refractivity contribution in [2.24, 2.45) is 0 Å². The van der Waals surface area contributed by atoms with Gasteiger partial charge in [0.15, 0.2) is 0 Å². The van der Waals surface area contributed by atoms with Crippen molar-refractivity contribution in [3.05, 3.63) is 0 Å². The third-order valence-electron chi connectivity index (χ3n) is 2.89. The molecule has 0 aliphatic carbocycles. The molecule has 0 spiro atoms. The maximum Gasteiger partial charge on any atom is 0.318 e. The fourth-order valence-electron chi connectivity index (χ4n) is 1.84. The molecule has 0 radical (unpaired) electrons. The number of hydrogen-bond donors (Lipinski definition) is 3. The molecule has 9 heteroatoms. The van der Waals surface area contributed by atoms with Gasteiger partial charge in [-0.25, -0.2) is 4.79 Å². The Morgan fingerprint density at radius 2 is 2.25 bits per heavy atom. The molecule has 1 aliphatic rings. The summed E-state index contributed by atoms with van der Waals surface area (Å²) in [5.41, 5.74) is 0. The lowest BCUT2D eigenvalue weighted by atomic mass is 10.1. The second-order valence-electron chi connectivity index (χ2n) is 4.26. The van der Waals surface area contributed by atoms with Crippen molar-refractivity contribution in [2.75, 3.05) is 31.1 Å². The lowest BCUT2D eigenvalue weighted by Gasteiger charge is -2.34. The van der Waals surface area contributed by atoms with E-state index in [9.17, 15) is 18.6 Å². The Balaban J connectivity index is 2.56. The first kappa shape index (κ1) is 16.4. The highest BCUT2D eigenvalue weighted by atomic mass is 32.2. The highest BCUT2D eigenvalue weighted by molar-refractivity contribution is 7.84. The maximum atomic E-state index is 11.9. The largest absolute Gasteiger partial charge is 0.481 e. The van der Waals surface area contributed by atoms with E-state index in [0.717, 1.165) is 0 Å². The lowest BCUT2D eigenvalue weighted by Crippen LogP contribution is -2.60. The normalized spacial score (nSPS) is 20.1. The zero-order chi connectivity index (χ0) is 15.1. The smallest absolute Gasteiger partial charge is 0.318 e. The summed E-state index contributed by atoms with van der Waals surface area (Å²) >= 11 is 0. The van der Waals surface area contributed by atoms with Crippen molar-refractivity contribution in [1.29, 1.82) is 0 Å². The molecular weight excluding hydrogens is 286 g/mol. The van der Waals surface area contributed by atoms with E-state index in [1.165, 1.54) is 4.90 Å². The number of urea groups is 1. The molecule has 3 amide bonds. The Bertz CT molecular complexity index is 415. The summed E-state index contributed by atoms with van der Waals surface area (Å²) in [5.74, 6) is -0.752. The Hall–Kier alpha value is -1.64. The van der Waals surface area contributed by atoms with Crippen LogP contribution < -0.4 is 10.6 Å². The number of amides is 3. The lowest BCUT2D eigenvalue weighted by molar-refractivity contribution is -0.142. The van der Waals surface area contributed by atoms with Crippen molar-refractivity contribution in [2.45, 2.75) is 19.4 Å². The zero-order valence-corrected chi connectivity index (χ0v) is 12.1. The number of piperazine rings is 1. The highest BCUT2D eigenvalue weighted by Gasteiger charge is 2.34. The van der Waals surface area contributed by atoms with Crippen LogP contribution in [0, 0.1) is 0 Å². The van der Waals surface area contributed by atoms with Crippen LogP contribution in [0.25, 0.3) is 0 Å². The van der Waals surface area contributed by atoms with Crippen LogP contribution in [0.15, 0.2) is 0 Å². The van der Waals surface area contributed by atoms with Crippen LogP contribution in [-0.4, -0.2) is 69.3 Å².